The maximum absolute atomic E-state index is 13.7. The predicted molar refractivity (Wildman–Crippen MR) is 158 cm³/mol. The molecule has 2 atom stereocenters. The zero-order valence-electron chi connectivity index (χ0n) is 24.2. The number of rotatable bonds is 12. The number of carbonyl (C=O) groups excluding carboxylic acids is 3. The highest BCUT2D eigenvalue weighted by Crippen LogP contribution is 2.28. The lowest BCUT2D eigenvalue weighted by molar-refractivity contribution is -0.129. The van der Waals surface area contributed by atoms with Crippen molar-refractivity contribution >= 4 is 39.3 Å². The van der Waals surface area contributed by atoms with Crippen molar-refractivity contribution in [3.63, 3.8) is 0 Å². The van der Waals surface area contributed by atoms with Crippen LogP contribution in [-0.4, -0.2) is 79.1 Å². The van der Waals surface area contributed by atoms with Crippen LogP contribution < -0.4 is 16.0 Å². The van der Waals surface area contributed by atoms with Crippen LogP contribution in [0.1, 0.15) is 75.8 Å². The number of hydrogen-bond acceptors (Lipinski definition) is 7. The van der Waals surface area contributed by atoms with Gasteiger partial charge >= 0.3 is 0 Å². The summed E-state index contributed by atoms with van der Waals surface area (Å²) in [5.41, 5.74) is 2.16. The fraction of sp³-hybridized carbons (Fsp3) is 0.667. The Morgan fingerprint density at radius 1 is 1.07 bits per heavy atom. The third-order valence-corrected chi connectivity index (χ3v) is 9.05. The molecule has 1 saturated heterocycles. The van der Waals surface area contributed by atoms with Crippen molar-refractivity contribution in [1.82, 2.24) is 25.8 Å². The molecule has 1 aliphatic heterocycles. The van der Waals surface area contributed by atoms with E-state index in [9.17, 15) is 14.4 Å². The molecule has 40 heavy (non-hydrogen) atoms. The Balaban J connectivity index is 1.44. The average Bonchev–Trinajstić information content (AvgIpc) is 3.37. The van der Waals surface area contributed by atoms with Gasteiger partial charge in [-0.05, 0) is 42.4 Å². The molecule has 3 amide bonds. The number of hydrogen-bond donors (Lipinski definition) is 3. The number of aromatic nitrogens is 1. The van der Waals surface area contributed by atoms with E-state index in [0.717, 1.165) is 54.0 Å². The second kappa shape index (κ2) is 14.9. The number of benzene rings is 1. The molecule has 2 heterocycles. The van der Waals surface area contributed by atoms with E-state index in [1.807, 2.05) is 6.07 Å². The number of nitrogens with zero attached hydrogens (tertiary/aromatic N) is 2. The van der Waals surface area contributed by atoms with Crippen LogP contribution in [0.4, 0.5) is 0 Å². The molecule has 2 fully saturated rings. The number of amides is 3. The van der Waals surface area contributed by atoms with Crippen molar-refractivity contribution in [3.8, 4) is 0 Å². The van der Waals surface area contributed by atoms with E-state index in [4.69, 9.17) is 9.72 Å². The van der Waals surface area contributed by atoms with E-state index in [0.29, 0.717) is 51.0 Å². The molecule has 1 aromatic carbocycles. The summed E-state index contributed by atoms with van der Waals surface area (Å²) in [4.78, 5) is 45.7. The summed E-state index contributed by atoms with van der Waals surface area (Å²) in [6.45, 7) is 9.62. The fourth-order valence-corrected chi connectivity index (χ4v) is 6.57. The van der Waals surface area contributed by atoms with Crippen LogP contribution in [0.3, 0.4) is 0 Å². The normalized spacial score (nSPS) is 18.4. The van der Waals surface area contributed by atoms with Gasteiger partial charge in [0.1, 0.15) is 6.04 Å². The van der Waals surface area contributed by atoms with Crippen molar-refractivity contribution in [3.05, 3.63) is 28.8 Å². The zero-order chi connectivity index (χ0) is 28.5. The average molecular weight is 572 g/mol. The highest BCUT2D eigenvalue weighted by atomic mass is 32.1. The third kappa shape index (κ3) is 8.72. The summed E-state index contributed by atoms with van der Waals surface area (Å²) < 4.78 is 6.47. The molecule has 1 aromatic heterocycles. The van der Waals surface area contributed by atoms with Gasteiger partial charge in [-0.15, -0.1) is 11.3 Å². The summed E-state index contributed by atoms with van der Waals surface area (Å²) in [6.07, 6.45) is 6.11. The molecule has 1 aliphatic carbocycles. The molecule has 10 heteroatoms. The molecule has 0 radical (unpaired) electrons. The monoisotopic (exact) mass is 571 g/mol. The molecule has 0 spiro atoms. The molecule has 2 aromatic rings. The molecule has 3 N–H and O–H groups in total. The zero-order valence-corrected chi connectivity index (χ0v) is 25.0. The Hall–Kier alpha value is -2.56. The summed E-state index contributed by atoms with van der Waals surface area (Å²) >= 11 is 1.57. The number of ether oxygens (including phenoxy) is 1. The minimum Gasteiger partial charge on any atom is -0.379 e. The molecule has 9 nitrogen and oxygen atoms in total. The second-order valence-electron chi connectivity index (χ2n) is 11.4. The number of carbonyl (C=O) groups is 3. The highest BCUT2D eigenvalue weighted by Gasteiger charge is 2.30. The van der Waals surface area contributed by atoms with Crippen molar-refractivity contribution in [2.75, 3.05) is 39.4 Å². The summed E-state index contributed by atoms with van der Waals surface area (Å²) in [7, 11) is 0. The van der Waals surface area contributed by atoms with E-state index in [-0.39, 0.29) is 23.8 Å². The Bertz CT molecular complexity index is 1140. The van der Waals surface area contributed by atoms with Gasteiger partial charge < -0.3 is 20.7 Å². The Labute approximate surface area is 241 Å². The topological polar surface area (TPSA) is 113 Å². The van der Waals surface area contributed by atoms with Crippen LogP contribution in [0.15, 0.2) is 18.2 Å². The third-order valence-electron chi connectivity index (χ3n) is 8.01. The number of nitrogens with one attached hydrogen (secondary N) is 3. The molecule has 4 rings (SSSR count). The first kappa shape index (κ1) is 30.4. The maximum Gasteiger partial charge on any atom is 0.243 e. The smallest absolute Gasteiger partial charge is 0.243 e. The lowest BCUT2D eigenvalue weighted by Gasteiger charge is -2.33. The van der Waals surface area contributed by atoms with Gasteiger partial charge in [-0.2, -0.15) is 0 Å². The molecule has 1 saturated carbocycles. The van der Waals surface area contributed by atoms with Gasteiger partial charge in [-0.25, -0.2) is 4.98 Å². The lowest BCUT2D eigenvalue weighted by atomic mass is 9.83. The first-order valence-electron chi connectivity index (χ1n) is 14.9. The minimum absolute atomic E-state index is 0.0389. The molecule has 0 bridgehead atoms. The standard InChI is InChI=1S/C30H45N5O4S/c1-4-27(36)32-24(17-29-33-23-11-10-22(20(2)3)16-26(23)40-29)30(38)34-25(21-8-6-5-7-9-21)18-31-28(37)19-35-12-14-39-15-13-35/h10-11,16,20-21,24-25H,4-9,12-15,17-19H2,1-3H3,(H,31,37)(H,32,36)(H,34,38)/t24-,25+/m0/s1. The minimum atomic E-state index is -0.729. The van der Waals surface area contributed by atoms with Gasteiger partial charge in [-0.3, -0.25) is 19.3 Å². The molecular formula is C30H45N5O4S. The molecule has 2 aliphatic rings. The quantitative estimate of drug-likeness (QED) is 0.360. The SMILES string of the molecule is CCC(=O)N[C@@H](Cc1nc2ccc(C(C)C)cc2s1)C(=O)N[C@H](CNC(=O)CN1CCOCC1)C1CCCCC1. The van der Waals surface area contributed by atoms with Crippen LogP contribution in [-0.2, 0) is 25.5 Å². The van der Waals surface area contributed by atoms with Crippen LogP contribution >= 0.6 is 11.3 Å². The van der Waals surface area contributed by atoms with Gasteiger partial charge in [0.25, 0.3) is 0 Å². The summed E-state index contributed by atoms with van der Waals surface area (Å²) in [5.74, 6) is 0.283. The van der Waals surface area contributed by atoms with Crippen LogP contribution in [0.2, 0.25) is 0 Å². The number of thiazole rings is 1. The summed E-state index contributed by atoms with van der Waals surface area (Å²) in [5, 5.41) is 10.0. The van der Waals surface area contributed by atoms with Crippen molar-refractivity contribution in [2.45, 2.75) is 83.7 Å². The largest absolute Gasteiger partial charge is 0.379 e. The van der Waals surface area contributed by atoms with Gasteiger partial charge in [-0.1, -0.05) is 46.1 Å². The molecule has 0 unspecified atom stereocenters. The maximum atomic E-state index is 13.7. The van der Waals surface area contributed by atoms with E-state index in [1.54, 1.807) is 18.3 Å². The van der Waals surface area contributed by atoms with E-state index >= 15 is 0 Å². The first-order chi connectivity index (χ1) is 19.3. The van der Waals surface area contributed by atoms with Crippen molar-refractivity contribution in [1.29, 1.82) is 0 Å². The van der Waals surface area contributed by atoms with Gasteiger partial charge in [0, 0.05) is 38.5 Å². The van der Waals surface area contributed by atoms with Gasteiger partial charge in [0.15, 0.2) is 0 Å². The van der Waals surface area contributed by atoms with E-state index in [1.165, 1.54) is 12.0 Å². The Morgan fingerprint density at radius 3 is 2.52 bits per heavy atom. The number of fused-ring (bicyclic) bond motifs is 1. The fourth-order valence-electron chi connectivity index (χ4n) is 5.51. The van der Waals surface area contributed by atoms with Crippen molar-refractivity contribution < 1.29 is 19.1 Å². The van der Waals surface area contributed by atoms with E-state index in [2.05, 4.69) is 46.8 Å². The lowest BCUT2D eigenvalue weighted by Crippen LogP contribution is -2.55. The number of morpholine rings is 1. The van der Waals surface area contributed by atoms with Crippen LogP contribution in [0.25, 0.3) is 10.2 Å². The summed E-state index contributed by atoms with van der Waals surface area (Å²) in [6, 6.07) is 5.38. The van der Waals surface area contributed by atoms with Gasteiger partial charge in [0.05, 0.1) is 35.0 Å². The molecular weight excluding hydrogens is 526 g/mol. The van der Waals surface area contributed by atoms with Crippen LogP contribution in [0.5, 0.6) is 0 Å². The van der Waals surface area contributed by atoms with E-state index < -0.39 is 6.04 Å². The van der Waals surface area contributed by atoms with Crippen LogP contribution in [0, 0.1) is 5.92 Å². The van der Waals surface area contributed by atoms with Crippen molar-refractivity contribution in [2.24, 2.45) is 5.92 Å². The predicted octanol–water partition coefficient (Wildman–Crippen LogP) is 3.37. The van der Waals surface area contributed by atoms with Gasteiger partial charge in [0.2, 0.25) is 17.7 Å². The Kier molecular flexibility index (Phi) is 11.3. The first-order valence-corrected chi connectivity index (χ1v) is 15.7. The molecule has 220 valence electrons. The highest BCUT2D eigenvalue weighted by molar-refractivity contribution is 7.18. The Morgan fingerprint density at radius 2 is 1.82 bits per heavy atom. The second-order valence-corrected chi connectivity index (χ2v) is 12.5.